The molecule has 2 N–H and O–H groups in total. The molecular weight excluding hydrogens is 394 g/mol. The summed E-state index contributed by atoms with van der Waals surface area (Å²) in [5, 5.41) is 22.0. The summed E-state index contributed by atoms with van der Waals surface area (Å²) < 4.78 is 0. The summed E-state index contributed by atoms with van der Waals surface area (Å²) in [6.07, 6.45) is 15.2. The van der Waals surface area contributed by atoms with E-state index in [4.69, 9.17) is 0 Å². The molecule has 1 heterocycles. The minimum atomic E-state index is -0.629. The summed E-state index contributed by atoms with van der Waals surface area (Å²) in [7, 11) is 0. The molecule has 4 aliphatic carbocycles. The molecule has 0 spiro atoms. The van der Waals surface area contributed by atoms with Gasteiger partial charge in [0.05, 0.1) is 11.7 Å². The van der Waals surface area contributed by atoms with Gasteiger partial charge in [-0.15, -0.1) is 0 Å². The summed E-state index contributed by atoms with van der Waals surface area (Å²) in [5.74, 6) is 2.61. The molecule has 3 saturated carbocycles. The Morgan fingerprint density at radius 2 is 1.91 bits per heavy atom. The summed E-state index contributed by atoms with van der Waals surface area (Å²) in [4.78, 5) is 4.44. The highest BCUT2D eigenvalue weighted by molar-refractivity contribution is 5.25. The first-order valence-electron chi connectivity index (χ1n) is 13.1. The maximum Gasteiger partial charge on any atom is 0.0656 e. The molecule has 176 valence electrons. The minimum absolute atomic E-state index is 0.130. The molecule has 1 aromatic rings. The van der Waals surface area contributed by atoms with E-state index in [0.29, 0.717) is 11.3 Å². The second kappa shape index (κ2) is 7.94. The highest BCUT2D eigenvalue weighted by Gasteiger charge is 2.61. The number of nitrogens with zero attached hydrogens (tertiary/aromatic N) is 1. The van der Waals surface area contributed by atoms with Crippen LogP contribution in [0.5, 0.6) is 0 Å². The van der Waals surface area contributed by atoms with Gasteiger partial charge in [0.25, 0.3) is 0 Å². The average Bonchev–Trinajstić information content (AvgIpc) is 3.12. The Morgan fingerprint density at radius 3 is 2.66 bits per heavy atom. The zero-order chi connectivity index (χ0) is 22.7. The number of aliphatic hydroxyl groups excluding tert-OH is 1. The third kappa shape index (κ3) is 3.59. The molecule has 0 amide bonds. The van der Waals surface area contributed by atoms with Crippen molar-refractivity contribution in [3.8, 4) is 0 Å². The molecule has 0 unspecified atom stereocenters. The van der Waals surface area contributed by atoms with Gasteiger partial charge in [-0.25, -0.2) is 0 Å². The van der Waals surface area contributed by atoms with E-state index in [-0.39, 0.29) is 11.5 Å². The Bertz CT molecular complexity index is 874. The number of aryl methyl sites for hydroxylation is 2. The van der Waals surface area contributed by atoms with E-state index in [9.17, 15) is 10.2 Å². The van der Waals surface area contributed by atoms with Crippen molar-refractivity contribution in [2.45, 2.75) is 104 Å². The maximum absolute atomic E-state index is 11.7. The molecular formula is C29H43NO2. The molecule has 0 saturated heterocycles. The number of allylic oxidation sites excluding steroid dienone is 1. The van der Waals surface area contributed by atoms with Gasteiger partial charge in [-0.3, -0.25) is 4.98 Å². The lowest BCUT2D eigenvalue weighted by molar-refractivity contribution is -0.104. The van der Waals surface area contributed by atoms with Crippen LogP contribution in [0.25, 0.3) is 0 Å². The van der Waals surface area contributed by atoms with Crippen LogP contribution in [-0.4, -0.2) is 26.9 Å². The van der Waals surface area contributed by atoms with E-state index in [1.54, 1.807) is 5.57 Å². The summed E-state index contributed by atoms with van der Waals surface area (Å²) in [6.45, 7) is 9.15. The van der Waals surface area contributed by atoms with Gasteiger partial charge >= 0.3 is 0 Å². The monoisotopic (exact) mass is 437 g/mol. The lowest BCUT2D eigenvalue weighted by atomic mass is 9.46. The largest absolute Gasteiger partial charge is 0.393 e. The van der Waals surface area contributed by atoms with E-state index in [0.717, 1.165) is 62.0 Å². The molecule has 0 bridgehead atoms. The number of hydrogen-bond donors (Lipinski definition) is 2. The van der Waals surface area contributed by atoms with Crippen LogP contribution in [-0.2, 0) is 6.42 Å². The van der Waals surface area contributed by atoms with Gasteiger partial charge in [-0.1, -0.05) is 31.6 Å². The number of aliphatic hydroxyl groups is 2. The van der Waals surface area contributed by atoms with Crippen molar-refractivity contribution in [2.75, 3.05) is 0 Å². The predicted octanol–water partition coefficient (Wildman–Crippen LogP) is 6.01. The van der Waals surface area contributed by atoms with E-state index < -0.39 is 5.60 Å². The first-order chi connectivity index (χ1) is 15.1. The first kappa shape index (κ1) is 22.6. The van der Waals surface area contributed by atoms with Gasteiger partial charge in [-0.05, 0) is 124 Å². The molecule has 4 aliphatic rings. The molecule has 0 aliphatic heterocycles. The van der Waals surface area contributed by atoms with Crippen LogP contribution in [0.15, 0.2) is 30.0 Å². The molecule has 0 radical (unpaired) electrons. The number of rotatable bonds is 4. The lowest BCUT2D eigenvalue weighted by Crippen LogP contribution is -2.53. The second-order valence-electron chi connectivity index (χ2n) is 12.5. The average molecular weight is 438 g/mol. The number of fused-ring (bicyclic) bond motifs is 5. The quantitative estimate of drug-likeness (QED) is 0.567. The maximum atomic E-state index is 11.7. The standard InChI is InChI=1S/C29H43NO2/c1-19-5-6-20(18-30-19)11-16-29(4,32)26-10-9-24-23-8-7-21-17-22(31)12-14-27(21,2)25(23)13-15-28(24,26)3/h5-7,18,22-26,31-32H,8-17H2,1-4H3/t22-,23-,24-,25-,26-,27-,28-,29+/m0/s1. The number of hydrogen-bond acceptors (Lipinski definition) is 3. The molecule has 5 rings (SSSR count). The van der Waals surface area contributed by atoms with Gasteiger partial charge in [0.15, 0.2) is 0 Å². The Kier molecular flexibility index (Phi) is 5.61. The molecule has 32 heavy (non-hydrogen) atoms. The molecule has 3 nitrogen and oxygen atoms in total. The highest BCUT2D eigenvalue weighted by Crippen LogP contribution is 2.67. The zero-order valence-electron chi connectivity index (χ0n) is 20.6. The van der Waals surface area contributed by atoms with Gasteiger partial charge in [-0.2, -0.15) is 0 Å². The predicted molar refractivity (Wildman–Crippen MR) is 129 cm³/mol. The Morgan fingerprint density at radius 1 is 1.09 bits per heavy atom. The molecule has 3 fully saturated rings. The van der Waals surface area contributed by atoms with Crippen molar-refractivity contribution >= 4 is 0 Å². The van der Waals surface area contributed by atoms with E-state index in [2.05, 4.69) is 44.0 Å². The summed E-state index contributed by atoms with van der Waals surface area (Å²) in [6, 6.07) is 4.24. The normalized spacial score (nSPS) is 42.9. The fraction of sp³-hybridized carbons (Fsp3) is 0.759. The highest BCUT2D eigenvalue weighted by atomic mass is 16.3. The smallest absolute Gasteiger partial charge is 0.0656 e. The summed E-state index contributed by atoms with van der Waals surface area (Å²) in [5.41, 5.74) is 3.74. The van der Waals surface area contributed by atoms with Crippen molar-refractivity contribution in [3.05, 3.63) is 41.2 Å². The van der Waals surface area contributed by atoms with Gasteiger partial charge in [0.1, 0.15) is 0 Å². The van der Waals surface area contributed by atoms with Crippen LogP contribution in [0.3, 0.4) is 0 Å². The summed E-state index contributed by atoms with van der Waals surface area (Å²) >= 11 is 0. The van der Waals surface area contributed by atoms with Crippen molar-refractivity contribution < 1.29 is 10.2 Å². The van der Waals surface area contributed by atoms with Crippen molar-refractivity contribution in [3.63, 3.8) is 0 Å². The van der Waals surface area contributed by atoms with E-state index in [1.165, 1.54) is 31.2 Å². The van der Waals surface area contributed by atoms with Crippen LogP contribution in [0.1, 0.15) is 89.8 Å². The first-order valence-corrected chi connectivity index (χ1v) is 13.1. The van der Waals surface area contributed by atoms with Gasteiger partial charge in [0, 0.05) is 11.9 Å². The van der Waals surface area contributed by atoms with Crippen LogP contribution < -0.4 is 0 Å². The van der Waals surface area contributed by atoms with Crippen molar-refractivity contribution in [1.29, 1.82) is 0 Å². The van der Waals surface area contributed by atoms with Crippen molar-refractivity contribution in [1.82, 2.24) is 4.98 Å². The van der Waals surface area contributed by atoms with Crippen LogP contribution in [0, 0.1) is 41.4 Å². The van der Waals surface area contributed by atoms with E-state index >= 15 is 0 Å². The van der Waals surface area contributed by atoms with Gasteiger partial charge in [0.2, 0.25) is 0 Å². The third-order valence-electron chi connectivity index (χ3n) is 10.7. The zero-order valence-corrected chi connectivity index (χ0v) is 20.6. The topological polar surface area (TPSA) is 53.4 Å². The fourth-order valence-corrected chi connectivity index (χ4v) is 8.88. The number of aromatic nitrogens is 1. The Balaban J connectivity index is 1.34. The third-order valence-corrected chi connectivity index (χ3v) is 10.7. The Hall–Kier alpha value is -1.19. The SMILES string of the molecule is Cc1ccc(CC[C@@](C)(O)[C@H]2CC[C@H]3[C@@H]4CC=C5C[C@@H](O)CC[C@]5(C)[C@H]4CC[C@@]32C)cn1. The van der Waals surface area contributed by atoms with E-state index in [1.807, 2.05) is 13.1 Å². The fourth-order valence-electron chi connectivity index (χ4n) is 8.88. The molecule has 0 aromatic carbocycles. The van der Waals surface area contributed by atoms with Crippen LogP contribution in [0.4, 0.5) is 0 Å². The van der Waals surface area contributed by atoms with Gasteiger partial charge < -0.3 is 10.2 Å². The number of pyridine rings is 1. The van der Waals surface area contributed by atoms with Crippen molar-refractivity contribution in [2.24, 2.45) is 34.5 Å². The molecule has 1 aromatic heterocycles. The lowest BCUT2D eigenvalue weighted by Gasteiger charge is -2.59. The second-order valence-corrected chi connectivity index (χ2v) is 12.5. The van der Waals surface area contributed by atoms with Crippen LogP contribution in [0.2, 0.25) is 0 Å². The minimum Gasteiger partial charge on any atom is -0.393 e. The van der Waals surface area contributed by atoms with Crippen LogP contribution >= 0.6 is 0 Å². The molecule has 3 heteroatoms. The molecule has 8 atom stereocenters. The Labute approximate surface area is 194 Å².